The molecular weight excluding hydrogens is 306 g/mol. The van der Waals surface area contributed by atoms with Gasteiger partial charge in [-0.25, -0.2) is 13.4 Å². The van der Waals surface area contributed by atoms with Crippen molar-refractivity contribution < 1.29 is 13.5 Å². The Kier molecular flexibility index (Phi) is 4.81. The Morgan fingerprint density at radius 2 is 1.90 bits per heavy atom. The van der Waals surface area contributed by atoms with E-state index < -0.39 is 15.4 Å². The van der Waals surface area contributed by atoms with Gasteiger partial charge in [-0.1, -0.05) is 40.0 Å². The minimum absolute atomic E-state index is 0.0595. The predicted molar refractivity (Wildman–Crippen MR) is 86.3 cm³/mol. The van der Waals surface area contributed by atoms with E-state index in [0.717, 1.165) is 25.0 Å². The fourth-order valence-corrected chi connectivity index (χ4v) is 5.99. The van der Waals surface area contributed by atoms with Gasteiger partial charge in [-0.15, -0.1) is 11.3 Å². The van der Waals surface area contributed by atoms with Crippen molar-refractivity contribution in [2.45, 2.75) is 69.6 Å². The molecule has 1 heterocycles. The summed E-state index contributed by atoms with van der Waals surface area (Å²) in [4.78, 5) is 4.44. The lowest BCUT2D eigenvalue weighted by molar-refractivity contribution is 0.0257. The second-order valence-electron chi connectivity index (χ2n) is 7.19. The molecule has 120 valence electrons. The summed E-state index contributed by atoms with van der Waals surface area (Å²) in [6, 6.07) is 0. The summed E-state index contributed by atoms with van der Waals surface area (Å²) < 4.78 is 24.7. The second kappa shape index (κ2) is 5.97. The molecule has 0 aromatic carbocycles. The fraction of sp³-hybridized carbons (Fsp3) is 0.800. The Balaban J connectivity index is 2.05. The highest BCUT2D eigenvalue weighted by atomic mass is 32.2. The van der Waals surface area contributed by atoms with Gasteiger partial charge in [0, 0.05) is 10.8 Å². The Morgan fingerprint density at radius 1 is 1.29 bits per heavy atom. The largest absolute Gasteiger partial charge is 0.389 e. The third-order valence-electron chi connectivity index (χ3n) is 3.94. The van der Waals surface area contributed by atoms with Crippen molar-refractivity contribution in [3.63, 3.8) is 0 Å². The minimum atomic E-state index is -3.33. The first-order valence-electron chi connectivity index (χ1n) is 7.47. The average Bonchev–Trinajstić information content (AvgIpc) is 2.75. The topological polar surface area (TPSA) is 67.3 Å². The smallest absolute Gasteiger partial charge is 0.159 e. The number of nitrogens with zero attached hydrogens (tertiary/aromatic N) is 1. The zero-order valence-electron chi connectivity index (χ0n) is 13.1. The SMILES string of the molecule is CC(C)(C)c1csc(CS(=O)(=O)CC2(O)CCCCC2)n1. The molecule has 1 fully saturated rings. The number of sulfone groups is 1. The molecule has 1 aromatic rings. The molecule has 0 radical (unpaired) electrons. The van der Waals surface area contributed by atoms with Crippen molar-refractivity contribution in [1.82, 2.24) is 4.98 Å². The van der Waals surface area contributed by atoms with E-state index >= 15 is 0 Å². The highest BCUT2D eigenvalue weighted by Crippen LogP contribution is 2.31. The van der Waals surface area contributed by atoms with E-state index in [1.807, 2.05) is 5.38 Å². The van der Waals surface area contributed by atoms with Crippen LogP contribution in [0.4, 0.5) is 0 Å². The number of rotatable bonds is 4. The van der Waals surface area contributed by atoms with E-state index in [-0.39, 0.29) is 16.9 Å². The summed E-state index contributed by atoms with van der Waals surface area (Å²) in [5.74, 6) is -0.194. The maximum absolute atomic E-state index is 12.3. The van der Waals surface area contributed by atoms with Crippen molar-refractivity contribution in [2.24, 2.45) is 0 Å². The van der Waals surface area contributed by atoms with Gasteiger partial charge in [-0.05, 0) is 12.8 Å². The van der Waals surface area contributed by atoms with Crippen molar-refractivity contribution >= 4 is 21.2 Å². The van der Waals surface area contributed by atoms with E-state index in [1.54, 1.807) is 0 Å². The van der Waals surface area contributed by atoms with Gasteiger partial charge < -0.3 is 5.11 Å². The van der Waals surface area contributed by atoms with Crippen molar-refractivity contribution in [2.75, 3.05) is 5.75 Å². The molecule has 0 saturated heterocycles. The molecule has 0 spiro atoms. The Morgan fingerprint density at radius 3 is 2.43 bits per heavy atom. The molecule has 1 aliphatic carbocycles. The van der Waals surface area contributed by atoms with E-state index in [9.17, 15) is 13.5 Å². The number of hydrogen-bond acceptors (Lipinski definition) is 5. The third kappa shape index (κ3) is 4.76. The van der Waals surface area contributed by atoms with Crippen LogP contribution in [0.25, 0.3) is 0 Å². The Labute approximate surface area is 131 Å². The van der Waals surface area contributed by atoms with E-state index in [1.165, 1.54) is 11.3 Å². The van der Waals surface area contributed by atoms with Gasteiger partial charge in [0.25, 0.3) is 0 Å². The summed E-state index contributed by atoms with van der Waals surface area (Å²) in [7, 11) is -3.33. The van der Waals surface area contributed by atoms with Crippen LogP contribution in [0.2, 0.25) is 0 Å². The van der Waals surface area contributed by atoms with Crippen LogP contribution in [0.3, 0.4) is 0 Å². The summed E-state index contributed by atoms with van der Waals surface area (Å²) in [5.41, 5.74) is -0.171. The molecule has 1 saturated carbocycles. The van der Waals surface area contributed by atoms with Crippen molar-refractivity contribution in [3.05, 3.63) is 16.1 Å². The quantitative estimate of drug-likeness (QED) is 0.921. The molecule has 2 rings (SSSR count). The maximum atomic E-state index is 12.3. The molecule has 1 aromatic heterocycles. The summed E-state index contributed by atoms with van der Waals surface area (Å²) in [5, 5.41) is 13.0. The van der Waals surface area contributed by atoms with Crippen LogP contribution < -0.4 is 0 Å². The van der Waals surface area contributed by atoms with Gasteiger partial charge in [0.1, 0.15) is 10.8 Å². The van der Waals surface area contributed by atoms with Gasteiger partial charge in [0.15, 0.2) is 9.84 Å². The number of thiazole rings is 1. The summed E-state index contributed by atoms with van der Waals surface area (Å²) >= 11 is 1.39. The lowest BCUT2D eigenvalue weighted by atomic mass is 9.86. The van der Waals surface area contributed by atoms with Crippen LogP contribution in [0.5, 0.6) is 0 Å². The second-order valence-corrected chi connectivity index (χ2v) is 10.2. The standard InChI is InChI=1S/C15H25NO3S2/c1-14(2,3)12-9-20-13(16-12)10-21(18,19)11-15(17)7-5-4-6-8-15/h9,17H,4-8,10-11H2,1-3H3. The molecule has 4 nitrogen and oxygen atoms in total. The maximum Gasteiger partial charge on any atom is 0.159 e. The molecule has 1 N–H and O–H groups in total. The van der Waals surface area contributed by atoms with E-state index in [0.29, 0.717) is 17.8 Å². The molecule has 21 heavy (non-hydrogen) atoms. The van der Waals surface area contributed by atoms with Crippen LogP contribution in [0.1, 0.15) is 63.6 Å². The summed E-state index contributed by atoms with van der Waals surface area (Å²) in [6.07, 6.45) is 4.10. The molecule has 6 heteroatoms. The first kappa shape index (κ1) is 16.9. The highest BCUT2D eigenvalue weighted by Gasteiger charge is 2.35. The van der Waals surface area contributed by atoms with Crippen molar-refractivity contribution in [3.8, 4) is 0 Å². The van der Waals surface area contributed by atoms with Gasteiger partial charge in [-0.3, -0.25) is 0 Å². The molecular formula is C15H25NO3S2. The van der Waals surface area contributed by atoms with E-state index in [4.69, 9.17) is 0 Å². The summed E-state index contributed by atoms with van der Waals surface area (Å²) in [6.45, 7) is 6.18. The number of aliphatic hydroxyl groups is 1. The van der Waals surface area contributed by atoms with Gasteiger partial charge in [0.05, 0.1) is 17.0 Å². The van der Waals surface area contributed by atoms with Crippen LogP contribution in [0, 0.1) is 0 Å². The van der Waals surface area contributed by atoms with Crippen molar-refractivity contribution in [1.29, 1.82) is 0 Å². The van der Waals surface area contributed by atoms with E-state index in [2.05, 4.69) is 25.8 Å². The first-order chi connectivity index (χ1) is 9.60. The molecule has 0 unspecified atom stereocenters. The van der Waals surface area contributed by atoms with Crippen LogP contribution in [0.15, 0.2) is 5.38 Å². The zero-order chi connectivity index (χ0) is 15.7. The lowest BCUT2D eigenvalue weighted by Gasteiger charge is -2.31. The molecule has 0 bridgehead atoms. The van der Waals surface area contributed by atoms with Crippen LogP contribution in [-0.4, -0.2) is 29.9 Å². The average molecular weight is 332 g/mol. The normalized spacial score (nSPS) is 19.6. The molecule has 0 aliphatic heterocycles. The van der Waals surface area contributed by atoms with Gasteiger partial charge >= 0.3 is 0 Å². The zero-order valence-corrected chi connectivity index (χ0v) is 14.7. The fourth-order valence-electron chi connectivity index (χ4n) is 2.72. The number of hydrogen-bond donors (Lipinski definition) is 1. The van der Waals surface area contributed by atoms with Crippen LogP contribution >= 0.6 is 11.3 Å². The lowest BCUT2D eigenvalue weighted by Crippen LogP contribution is -2.39. The molecule has 0 amide bonds. The third-order valence-corrected chi connectivity index (χ3v) is 6.66. The van der Waals surface area contributed by atoms with Gasteiger partial charge in [-0.2, -0.15) is 0 Å². The van der Waals surface area contributed by atoms with Gasteiger partial charge in [0.2, 0.25) is 0 Å². The Hall–Kier alpha value is -0.460. The minimum Gasteiger partial charge on any atom is -0.389 e. The Bertz CT molecular complexity index is 578. The number of aromatic nitrogens is 1. The molecule has 1 aliphatic rings. The van der Waals surface area contributed by atoms with Crippen LogP contribution in [-0.2, 0) is 21.0 Å². The monoisotopic (exact) mass is 331 g/mol. The highest BCUT2D eigenvalue weighted by molar-refractivity contribution is 7.90. The first-order valence-corrected chi connectivity index (χ1v) is 10.2. The predicted octanol–water partition coefficient (Wildman–Crippen LogP) is 3.05. The molecule has 0 atom stereocenters.